The predicted molar refractivity (Wildman–Crippen MR) is 84.5 cm³/mol. The minimum atomic E-state index is 0.247. The average molecular weight is 324 g/mol. The van der Waals surface area contributed by atoms with E-state index in [0.717, 1.165) is 22.6 Å². The summed E-state index contributed by atoms with van der Waals surface area (Å²) in [6, 6.07) is 11.6. The van der Waals surface area contributed by atoms with E-state index in [2.05, 4.69) is 5.32 Å². The molecule has 1 aliphatic heterocycles. The maximum atomic E-state index is 6.15. The molecule has 0 saturated heterocycles. The van der Waals surface area contributed by atoms with E-state index in [1.807, 2.05) is 37.4 Å². The highest BCUT2D eigenvalue weighted by molar-refractivity contribution is 6.42. The molecule has 0 saturated carbocycles. The highest BCUT2D eigenvalue weighted by atomic mass is 35.5. The van der Waals surface area contributed by atoms with Gasteiger partial charge >= 0.3 is 0 Å². The van der Waals surface area contributed by atoms with E-state index in [1.165, 1.54) is 0 Å². The summed E-state index contributed by atoms with van der Waals surface area (Å²) < 4.78 is 11.4. The quantitative estimate of drug-likeness (QED) is 0.913. The molecule has 0 radical (unpaired) electrons. The van der Waals surface area contributed by atoms with Crippen LogP contribution in [0.25, 0.3) is 0 Å². The first-order chi connectivity index (χ1) is 10.2. The van der Waals surface area contributed by atoms with Crippen LogP contribution in [0.3, 0.4) is 0 Å². The van der Waals surface area contributed by atoms with Crippen LogP contribution >= 0.6 is 23.2 Å². The minimum absolute atomic E-state index is 0.247. The molecule has 1 heterocycles. The Labute approximate surface area is 133 Å². The topological polar surface area (TPSA) is 30.5 Å². The second kappa shape index (κ2) is 6.14. The number of hydrogen-bond donors (Lipinski definition) is 1. The molecule has 5 heteroatoms. The lowest BCUT2D eigenvalue weighted by Crippen LogP contribution is -2.17. The molecule has 1 unspecified atom stereocenters. The number of nitrogens with one attached hydrogen (secondary N) is 1. The molecule has 2 aromatic carbocycles. The van der Waals surface area contributed by atoms with E-state index >= 15 is 0 Å². The molecular weight excluding hydrogens is 309 g/mol. The van der Waals surface area contributed by atoms with Crippen molar-refractivity contribution in [3.05, 3.63) is 57.6 Å². The van der Waals surface area contributed by atoms with Gasteiger partial charge in [-0.05, 0) is 25.2 Å². The molecule has 3 rings (SSSR count). The van der Waals surface area contributed by atoms with Gasteiger partial charge in [-0.2, -0.15) is 0 Å². The zero-order chi connectivity index (χ0) is 14.8. The zero-order valence-corrected chi connectivity index (χ0v) is 13.0. The van der Waals surface area contributed by atoms with Crippen LogP contribution < -0.4 is 14.8 Å². The monoisotopic (exact) mass is 323 g/mol. The van der Waals surface area contributed by atoms with Gasteiger partial charge in [0.15, 0.2) is 0 Å². The van der Waals surface area contributed by atoms with Crippen LogP contribution in [0.15, 0.2) is 36.4 Å². The Bertz CT molecular complexity index is 661. The van der Waals surface area contributed by atoms with Gasteiger partial charge in [0, 0.05) is 17.2 Å². The Morgan fingerprint density at radius 3 is 2.95 bits per heavy atom. The Hall–Kier alpha value is -1.42. The third-order valence-corrected chi connectivity index (χ3v) is 4.40. The third-order valence-electron chi connectivity index (χ3n) is 3.54. The second-order valence-electron chi connectivity index (χ2n) is 4.85. The van der Waals surface area contributed by atoms with Gasteiger partial charge < -0.3 is 14.8 Å². The summed E-state index contributed by atoms with van der Waals surface area (Å²) in [5.74, 6) is 1.62. The van der Waals surface area contributed by atoms with Gasteiger partial charge in [0.2, 0.25) is 0 Å². The van der Waals surface area contributed by atoms with Crippen molar-refractivity contribution in [2.24, 2.45) is 0 Å². The van der Waals surface area contributed by atoms with Gasteiger partial charge in [0.25, 0.3) is 0 Å². The summed E-state index contributed by atoms with van der Waals surface area (Å²) in [7, 11) is 1.93. The van der Waals surface area contributed by atoms with Crippen LogP contribution in [-0.4, -0.2) is 13.7 Å². The molecule has 1 N–H and O–H groups in total. The van der Waals surface area contributed by atoms with E-state index in [0.29, 0.717) is 23.3 Å². The number of ether oxygens (including phenoxy) is 2. The molecule has 21 heavy (non-hydrogen) atoms. The van der Waals surface area contributed by atoms with E-state index < -0.39 is 0 Å². The van der Waals surface area contributed by atoms with Gasteiger partial charge in [-0.1, -0.05) is 35.3 Å². The smallest absolute Gasteiger partial charge is 0.127 e. The molecule has 0 spiro atoms. The molecular formula is C16H15Cl2NO2. The van der Waals surface area contributed by atoms with Crippen molar-refractivity contribution in [3.63, 3.8) is 0 Å². The zero-order valence-electron chi connectivity index (χ0n) is 11.5. The fourth-order valence-corrected chi connectivity index (χ4v) is 2.71. The molecule has 0 aliphatic carbocycles. The van der Waals surface area contributed by atoms with Crippen molar-refractivity contribution in [1.82, 2.24) is 5.32 Å². The molecule has 1 atom stereocenters. The van der Waals surface area contributed by atoms with Gasteiger partial charge in [0.05, 0.1) is 16.1 Å². The van der Waals surface area contributed by atoms with Crippen molar-refractivity contribution < 1.29 is 9.47 Å². The van der Waals surface area contributed by atoms with Crippen LogP contribution in [0.1, 0.15) is 17.2 Å². The summed E-state index contributed by atoms with van der Waals surface area (Å²) in [4.78, 5) is 0. The third kappa shape index (κ3) is 2.95. The number of rotatable bonds is 4. The van der Waals surface area contributed by atoms with E-state index in [4.69, 9.17) is 32.7 Å². The van der Waals surface area contributed by atoms with Gasteiger partial charge in [-0.15, -0.1) is 0 Å². The molecule has 1 aliphatic rings. The largest absolute Gasteiger partial charge is 0.491 e. The second-order valence-corrected chi connectivity index (χ2v) is 5.64. The summed E-state index contributed by atoms with van der Waals surface area (Å²) in [5.41, 5.74) is 2.02. The van der Waals surface area contributed by atoms with Crippen LogP contribution in [-0.2, 0) is 6.61 Å². The molecule has 0 aromatic heterocycles. The first-order valence-electron chi connectivity index (χ1n) is 6.68. The number of benzene rings is 2. The molecule has 0 bridgehead atoms. The normalized spacial score (nSPS) is 16.4. The van der Waals surface area contributed by atoms with Gasteiger partial charge in [-0.3, -0.25) is 0 Å². The average Bonchev–Trinajstić information content (AvgIpc) is 2.91. The van der Waals surface area contributed by atoms with E-state index in [-0.39, 0.29) is 6.04 Å². The van der Waals surface area contributed by atoms with Crippen molar-refractivity contribution in [2.45, 2.75) is 12.6 Å². The summed E-state index contributed by atoms with van der Waals surface area (Å²) in [6.07, 6.45) is 0. The molecule has 2 aromatic rings. The molecule has 110 valence electrons. The first-order valence-corrected chi connectivity index (χ1v) is 7.44. The van der Waals surface area contributed by atoms with E-state index in [1.54, 1.807) is 6.07 Å². The van der Waals surface area contributed by atoms with Crippen LogP contribution in [0, 0.1) is 0 Å². The molecule has 0 fully saturated rings. The highest BCUT2D eigenvalue weighted by Crippen LogP contribution is 2.35. The lowest BCUT2D eigenvalue weighted by Gasteiger charge is -2.10. The predicted octanol–water partition coefficient (Wildman–Crippen LogP) is 4.23. The Morgan fingerprint density at radius 2 is 2.14 bits per heavy atom. The Balaban J connectivity index is 1.73. The van der Waals surface area contributed by atoms with E-state index in [9.17, 15) is 0 Å². The SMILES string of the molecule is CNC1COc2cc(OCc3cccc(Cl)c3Cl)ccc21. The van der Waals surface area contributed by atoms with Crippen LogP contribution in [0.2, 0.25) is 10.0 Å². The summed E-state index contributed by atoms with van der Waals surface area (Å²) in [6.45, 7) is 1.02. The lowest BCUT2D eigenvalue weighted by atomic mass is 10.1. The van der Waals surface area contributed by atoms with Crippen molar-refractivity contribution in [3.8, 4) is 11.5 Å². The number of likely N-dealkylation sites (N-methyl/N-ethyl adjacent to an activating group) is 1. The Kier molecular flexibility index (Phi) is 4.24. The fourth-order valence-electron chi connectivity index (χ4n) is 2.34. The van der Waals surface area contributed by atoms with Gasteiger partial charge in [0.1, 0.15) is 24.7 Å². The fraction of sp³-hybridized carbons (Fsp3) is 0.250. The number of hydrogen-bond acceptors (Lipinski definition) is 3. The first kappa shape index (κ1) is 14.5. The molecule has 0 amide bonds. The van der Waals surface area contributed by atoms with Crippen molar-refractivity contribution >= 4 is 23.2 Å². The minimum Gasteiger partial charge on any atom is -0.491 e. The maximum Gasteiger partial charge on any atom is 0.127 e. The molecule has 3 nitrogen and oxygen atoms in total. The maximum absolute atomic E-state index is 6.15. The Morgan fingerprint density at radius 1 is 1.29 bits per heavy atom. The number of halogens is 2. The highest BCUT2D eigenvalue weighted by Gasteiger charge is 2.22. The van der Waals surface area contributed by atoms with Crippen LogP contribution in [0.5, 0.6) is 11.5 Å². The van der Waals surface area contributed by atoms with Crippen molar-refractivity contribution in [2.75, 3.05) is 13.7 Å². The van der Waals surface area contributed by atoms with Gasteiger partial charge in [-0.25, -0.2) is 0 Å². The number of fused-ring (bicyclic) bond motifs is 1. The standard InChI is InChI=1S/C16H15Cl2NO2/c1-19-14-9-21-15-7-11(5-6-12(14)15)20-8-10-3-2-4-13(17)16(10)18/h2-7,14,19H,8-9H2,1H3. The van der Waals surface area contributed by atoms with Crippen molar-refractivity contribution in [1.29, 1.82) is 0 Å². The van der Waals surface area contributed by atoms with Crippen LogP contribution in [0.4, 0.5) is 0 Å². The summed E-state index contributed by atoms with van der Waals surface area (Å²) >= 11 is 12.1. The lowest BCUT2D eigenvalue weighted by molar-refractivity contribution is 0.299. The summed E-state index contributed by atoms with van der Waals surface area (Å²) in [5, 5.41) is 4.28.